The monoisotopic (exact) mass is 411 g/mol. The number of methoxy groups -OCH3 is 1. The van der Waals surface area contributed by atoms with Crippen molar-refractivity contribution in [1.82, 2.24) is 14.7 Å². The Balaban J connectivity index is 1.41. The molecule has 0 N–H and O–H groups in total. The zero-order valence-electron chi connectivity index (χ0n) is 16.9. The van der Waals surface area contributed by atoms with Crippen molar-refractivity contribution in [1.29, 1.82) is 0 Å². The molecule has 0 atom stereocenters. The van der Waals surface area contributed by atoms with Gasteiger partial charge in [-0.05, 0) is 24.5 Å². The number of hydrogen-bond donors (Lipinski definition) is 0. The number of benzene rings is 1. The molecule has 1 aromatic carbocycles. The lowest BCUT2D eigenvalue weighted by molar-refractivity contribution is -0.151. The van der Waals surface area contributed by atoms with E-state index in [0.717, 1.165) is 11.1 Å². The van der Waals surface area contributed by atoms with Crippen LogP contribution in [0, 0.1) is 5.92 Å². The molecule has 1 amide bonds. The summed E-state index contributed by atoms with van der Waals surface area (Å²) in [4.78, 5) is 37.2. The molecule has 2 heterocycles. The second kappa shape index (κ2) is 10.4. The number of amides is 1. The molecule has 1 aliphatic rings. The van der Waals surface area contributed by atoms with E-state index in [1.54, 1.807) is 21.9 Å². The Morgan fingerprint density at radius 2 is 1.90 bits per heavy atom. The fraction of sp³-hybridized carbons (Fsp3) is 0.364. The summed E-state index contributed by atoms with van der Waals surface area (Å²) >= 11 is 0. The van der Waals surface area contributed by atoms with Crippen molar-refractivity contribution < 1.29 is 23.9 Å². The lowest BCUT2D eigenvalue weighted by Gasteiger charge is -2.30. The summed E-state index contributed by atoms with van der Waals surface area (Å²) in [6.07, 6.45) is 7.47. The minimum atomic E-state index is -0.594. The third kappa shape index (κ3) is 6.04. The van der Waals surface area contributed by atoms with Crippen LogP contribution in [0.2, 0.25) is 0 Å². The maximum atomic E-state index is 12.2. The molecule has 1 aliphatic heterocycles. The largest absolute Gasteiger partial charge is 0.469 e. The Labute approximate surface area is 175 Å². The summed E-state index contributed by atoms with van der Waals surface area (Å²) in [6.45, 7) is 1.22. The molecule has 1 saturated heterocycles. The maximum Gasteiger partial charge on any atom is 0.331 e. The van der Waals surface area contributed by atoms with Gasteiger partial charge >= 0.3 is 11.9 Å². The second-order valence-electron chi connectivity index (χ2n) is 7.08. The number of hydrogen-bond acceptors (Lipinski definition) is 6. The van der Waals surface area contributed by atoms with Crippen LogP contribution in [0.3, 0.4) is 0 Å². The van der Waals surface area contributed by atoms with Crippen LogP contribution in [0.25, 0.3) is 6.08 Å². The van der Waals surface area contributed by atoms with Crippen LogP contribution in [-0.2, 0) is 30.4 Å². The number of carbonyl (C=O) groups is 3. The standard InChI is InChI=1S/C22H25N3O5/c1-29-22(28)19-9-11-24(12-10-19)20(26)16-30-21(27)8-7-18-13-23-25(15-18)14-17-5-3-2-4-6-17/h2-8,13,15,19H,9-12,14,16H2,1H3/b8-7+. The van der Waals surface area contributed by atoms with Gasteiger partial charge < -0.3 is 14.4 Å². The van der Waals surface area contributed by atoms with E-state index in [4.69, 9.17) is 9.47 Å². The van der Waals surface area contributed by atoms with E-state index in [1.807, 2.05) is 36.5 Å². The van der Waals surface area contributed by atoms with E-state index in [0.29, 0.717) is 32.5 Å². The lowest BCUT2D eigenvalue weighted by Crippen LogP contribution is -2.42. The van der Waals surface area contributed by atoms with Gasteiger partial charge in [0.25, 0.3) is 5.91 Å². The van der Waals surface area contributed by atoms with E-state index >= 15 is 0 Å². The van der Waals surface area contributed by atoms with Crippen LogP contribution in [0.15, 0.2) is 48.8 Å². The number of carbonyl (C=O) groups excluding carboxylic acids is 3. The first kappa shape index (κ1) is 21.3. The minimum absolute atomic E-state index is 0.174. The zero-order chi connectivity index (χ0) is 21.3. The van der Waals surface area contributed by atoms with Gasteiger partial charge in [-0.2, -0.15) is 5.10 Å². The molecule has 0 bridgehead atoms. The smallest absolute Gasteiger partial charge is 0.331 e. The Kier molecular flexibility index (Phi) is 7.37. The van der Waals surface area contributed by atoms with Gasteiger partial charge in [-0.15, -0.1) is 0 Å². The topological polar surface area (TPSA) is 90.7 Å². The van der Waals surface area contributed by atoms with Crippen molar-refractivity contribution in [3.63, 3.8) is 0 Å². The second-order valence-corrected chi connectivity index (χ2v) is 7.08. The molecule has 30 heavy (non-hydrogen) atoms. The summed E-state index contributed by atoms with van der Waals surface area (Å²) in [5.74, 6) is -1.28. The van der Waals surface area contributed by atoms with Crippen LogP contribution in [0.5, 0.6) is 0 Å². The number of aromatic nitrogens is 2. The van der Waals surface area contributed by atoms with Gasteiger partial charge in [0, 0.05) is 30.9 Å². The Bertz CT molecular complexity index is 899. The van der Waals surface area contributed by atoms with Crippen molar-refractivity contribution in [2.24, 2.45) is 5.92 Å². The van der Waals surface area contributed by atoms with Gasteiger partial charge in [0.2, 0.25) is 0 Å². The predicted octanol–water partition coefficient (Wildman–Crippen LogP) is 1.90. The van der Waals surface area contributed by atoms with Crippen molar-refractivity contribution in [3.8, 4) is 0 Å². The molecule has 0 saturated carbocycles. The number of ether oxygens (including phenoxy) is 2. The molecular formula is C22H25N3O5. The molecule has 8 heteroatoms. The summed E-state index contributed by atoms with van der Waals surface area (Å²) in [5, 5.41) is 4.27. The summed E-state index contributed by atoms with van der Waals surface area (Å²) < 4.78 is 11.6. The molecule has 3 rings (SSSR count). The fourth-order valence-electron chi connectivity index (χ4n) is 3.29. The molecule has 1 aromatic heterocycles. The molecule has 2 aromatic rings. The molecule has 0 unspecified atom stereocenters. The first-order valence-electron chi connectivity index (χ1n) is 9.82. The SMILES string of the molecule is COC(=O)C1CCN(C(=O)COC(=O)/C=C/c2cnn(Cc3ccccc3)c2)CC1. The highest BCUT2D eigenvalue weighted by atomic mass is 16.5. The lowest BCUT2D eigenvalue weighted by atomic mass is 9.97. The van der Waals surface area contributed by atoms with E-state index in [-0.39, 0.29) is 24.4 Å². The Hall–Kier alpha value is -3.42. The molecule has 0 radical (unpaired) electrons. The van der Waals surface area contributed by atoms with Crippen molar-refractivity contribution in [2.45, 2.75) is 19.4 Å². The third-order valence-electron chi connectivity index (χ3n) is 4.97. The number of nitrogens with zero attached hydrogens (tertiary/aromatic N) is 3. The Morgan fingerprint density at radius 1 is 1.17 bits per heavy atom. The first-order chi connectivity index (χ1) is 14.5. The van der Waals surface area contributed by atoms with Crippen molar-refractivity contribution in [3.05, 3.63) is 59.9 Å². The highest BCUT2D eigenvalue weighted by Gasteiger charge is 2.28. The highest BCUT2D eigenvalue weighted by molar-refractivity contribution is 5.89. The number of rotatable bonds is 7. The van der Waals surface area contributed by atoms with Gasteiger partial charge in [-0.3, -0.25) is 14.3 Å². The molecule has 1 fully saturated rings. The third-order valence-corrected chi connectivity index (χ3v) is 4.97. The normalized spacial score (nSPS) is 14.6. The quantitative estimate of drug-likeness (QED) is 0.511. The van der Waals surface area contributed by atoms with E-state index in [1.165, 1.54) is 13.2 Å². The average molecular weight is 411 g/mol. The molecule has 8 nitrogen and oxygen atoms in total. The van der Waals surface area contributed by atoms with Gasteiger partial charge in [-0.1, -0.05) is 30.3 Å². The van der Waals surface area contributed by atoms with Crippen LogP contribution >= 0.6 is 0 Å². The van der Waals surface area contributed by atoms with Crippen molar-refractivity contribution >= 4 is 23.9 Å². The summed E-state index contributed by atoms with van der Waals surface area (Å²) in [6, 6.07) is 9.94. The van der Waals surface area contributed by atoms with Crippen molar-refractivity contribution in [2.75, 3.05) is 26.8 Å². The van der Waals surface area contributed by atoms with Crippen LogP contribution in [-0.4, -0.2) is 59.3 Å². The number of esters is 2. The minimum Gasteiger partial charge on any atom is -0.469 e. The van der Waals surface area contributed by atoms with Gasteiger partial charge in [0.15, 0.2) is 6.61 Å². The number of likely N-dealkylation sites (tertiary alicyclic amines) is 1. The van der Waals surface area contributed by atoms with E-state index in [2.05, 4.69) is 5.10 Å². The zero-order valence-corrected chi connectivity index (χ0v) is 16.9. The van der Waals surface area contributed by atoms with Crippen LogP contribution in [0.4, 0.5) is 0 Å². The van der Waals surface area contributed by atoms with Crippen LogP contribution < -0.4 is 0 Å². The molecular weight excluding hydrogens is 386 g/mol. The molecule has 158 valence electrons. The van der Waals surface area contributed by atoms with Gasteiger partial charge in [0.1, 0.15) is 0 Å². The maximum absolute atomic E-state index is 12.2. The molecule has 0 spiro atoms. The highest BCUT2D eigenvalue weighted by Crippen LogP contribution is 2.18. The summed E-state index contributed by atoms with van der Waals surface area (Å²) in [7, 11) is 1.36. The fourth-order valence-corrected chi connectivity index (χ4v) is 3.29. The van der Waals surface area contributed by atoms with E-state index in [9.17, 15) is 14.4 Å². The molecule has 0 aliphatic carbocycles. The van der Waals surface area contributed by atoms with Gasteiger partial charge in [0.05, 0.1) is 25.8 Å². The predicted molar refractivity (Wildman–Crippen MR) is 109 cm³/mol. The number of piperidine rings is 1. The van der Waals surface area contributed by atoms with Gasteiger partial charge in [-0.25, -0.2) is 4.79 Å². The summed E-state index contributed by atoms with van der Waals surface area (Å²) in [5.41, 5.74) is 1.89. The average Bonchev–Trinajstić information content (AvgIpc) is 3.23. The van der Waals surface area contributed by atoms with Crippen LogP contribution in [0.1, 0.15) is 24.0 Å². The Morgan fingerprint density at radius 3 is 2.60 bits per heavy atom. The first-order valence-corrected chi connectivity index (χ1v) is 9.82. The van der Waals surface area contributed by atoms with E-state index < -0.39 is 5.97 Å².